The monoisotopic (exact) mass is 249 g/mol. The molecule has 1 unspecified atom stereocenters. The van der Waals surface area contributed by atoms with Crippen LogP contribution >= 0.6 is 11.6 Å². The minimum absolute atomic E-state index is 0.131. The second kappa shape index (κ2) is 4.02. The van der Waals surface area contributed by atoms with Crippen LogP contribution in [0, 0.1) is 5.41 Å². The van der Waals surface area contributed by atoms with E-state index in [-0.39, 0.29) is 11.3 Å². The van der Waals surface area contributed by atoms with Crippen molar-refractivity contribution in [3.05, 3.63) is 34.9 Å². The van der Waals surface area contributed by atoms with Crippen molar-refractivity contribution in [1.82, 2.24) is 5.32 Å². The summed E-state index contributed by atoms with van der Waals surface area (Å²) in [5, 5.41) is 3.80. The molecule has 2 aliphatic rings. The molecule has 1 saturated carbocycles. The van der Waals surface area contributed by atoms with Gasteiger partial charge in [0.2, 0.25) is 5.91 Å². The molecule has 0 aromatic heterocycles. The number of hydrogen-bond acceptors (Lipinski definition) is 1. The SMILES string of the molecule is O=C1NCC(c2ccc(Cl)cc2)C12CCCC2. The Bertz CT molecular complexity index is 434. The van der Waals surface area contributed by atoms with Gasteiger partial charge in [0.15, 0.2) is 0 Å². The summed E-state index contributed by atoms with van der Waals surface area (Å²) in [6, 6.07) is 7.96. The van der Waals surface area contributed by atoms with Crippen LogP contribution < -0.4 is 5.32 Å². The zero-order valence-electron chi connectivity index (χ0n) is 9.71. The average Bonchev–Trinajstić information content (AvgIpc) is 2.92. The third kappa shape index (κ3) is 1.66. The standard InChI is InChI=1S/C14H16ClNO/c15-11-5-3-10(4-6-11)12-9-16-13(17)14(12)7-1-2-8-14/h3-6,12H,1-2,7-9H2,(H,16,17). The van der Waals surface area contributed by atoms with Gasteiger partial charge >= 0.3 is 0 Å². The average molecular weight is 250 g/mol. The maximum atomic E-state index is 12.1. The third-order valence-corrected chi connectivity index (χ3v) is 4.61. The minimum Gasteiger partial charge on any atom is -0.355 e. The van der Waals surface area contributed by atoms with Crippen molar-refractivity contribution in [2.45, 2.75) is 31.6 Å². The highest BCUT2D eigenvalue weighted by Crippen LogP contribution is 2.51. The van der Waals surface area contributed by atoms with E-state index in [2.05, 4.69) is 17.4 Å². The Morgan fingerprint density at radius 2 is 1.82 bits per heavy atom. The zero-order valence-corrected chi connectivity index (χ0v) is 10.5. The summed E-state index contributed by atoms with van der Waals surface area (Å²) in [5.74, 6) is 0.588. The van der Waals surface area contributed by atoms with Crippen LogP contribution in [0.4, 0.5) is 0 Å². The summed E-state index contributed by atoms with van der Waals surface area (Å²) in [6.07, 6.45) is 4.42. The van der Waals surface area contributed by atoms with Gasteiger partial charge in [-0.25, -0.2) is 0 Å². The van der Waals surface area contributed by atoms with Gasteiger partial charge in [0.05, 0.1) is 5.41 Å². The second-order valence-electron chi connectivity index (χ2n) is 5.18. The predicted octanol–water partition coefficient (Wildman–Crippen LogP) is 3.11. The molecule has 2 fully saturated rings. The molecule has 1 aliphatic carbocycles. The highest BCUT2D eigenvalue weighted by molar-refractivity contribution is 6.30. The van der Waals surface area contributed by atoms with Gasteiger partial charge < -0.3 is 5.32 Å². The molecule has 3 heteroatoms. The van der Waals surface area contributed by atoms with E-state index in [0.29, 0.717) is 5.92 Å². The number of hydrogen-bond donors (Lipinski definition) is 1. The van der Waals surface area contributed by atoms with Crippen LogP contribution in [-0.2, 0) is 4.79 Å². The second-order valence-corrected chi connectivity index (χ2v) is 5.61. The van der Waals surface area contributed by atoms with Crippen LogP contribution in [-0.4, -0.2) is 12.5 Å². The smallest absolute Gasteiger partial charge is 0.226 e. The Morgan fingerprint density at radius 1 is 1.18 bits per heavy atom. The molecule has 1 aromatic rings. The summed E-state index contributed by atoms with van der Waals surface area (Å²) < 4.78 is 0. The molecular formula is C14H16ClNO. The Hall–Kier alpha value is -1.02. The number of amides is 1. The summed E-state index contributed by atoms with van der Waals surface area (Å²) in [6.45, 7) is 0.778. The molecule has 3 rings (SSSR count). The van der Waals surface area contributed by atoms with Crippen molar-refractivity contribution in [3.8, 4) is 0 Å². The van der Waals surface area contributed by atoms with Crippen molar-refractivity contribution in [1.29, 1.82) is 0 Å². The zero-order chi connectivity index (χ0) is 11.9. The fourth-order valence-electron chi connectivity index (χ4n) is 3.44. The van der Waals surface area contributed by atoms with Gasteiger partial charge in [-0.15, -0.1) is 0 Å². The lowest BCUT2D eigenvalue weighted by Gasteiger charge is -2.27. The molecule has 0 radical (unpaired) electrons. The quantitative estimate of drug-likeness (QED) is 0.814. The Morgan fingerprint density at radius 3 is 2.47 bits per heavy atom. The summed E-state index contributed by atoms with van der Waals surface area (Å²) in [7, 11) is 0. The molecule has 1 atom stereocenters. The van der Waals surface area contributed by atoms with Crippen molar-refractivity contribution in [2.75, 3.05) is 6.54 Å². The summed E-state index contributed by atoms with van der Waals surface area (Å²) in [4.78, 5) is 12.1. The first-order valence-corrected chi connectivity index (χ1v) is 6.64. The topological polar surface area (TPSA) is 29.1 Å². The van der Waals surface area contributed by atoms with Crippen molar-refractivity contribution < 1.29 is 4.79 Å². The third-order valence-electron chi connectivity index (χ3n) is 4.35. The first kappa shape index (κ1) is 11.1. The van der Waals surface area contributed by atoms with Gasteiger partial charge in [-0.2, -0.15) is 0 Å². The minimum atomic E-state index is -0.131. The van der Waals surface area contributed by atoms with Crippen LogP contribution in [0.5, 0.6) is 0 Å². The maximum absolute atomic E-state index is 12.1. The van der Waals surface area contributed by atoms with Crippen LogP contribution in [0.15, 0.2) is 24.3 Å². The molecular weight excluding hydrogens is 234 g/mol. The predicted molar refractivity (Wildman–Crippen MR) is 68.1 cm³/mol. The molecule has 0 bridgehead atoms. The first-order valence-electron chi connectivity index (χ1n) is 6.26. The normalized spacial score (nSPS) is 26.4. The molecule has 90 valence electrons. The fourth-order valence-corrected chi connectivity index (χ4v) is 3.56. The number of nitrogens with one attached hydrogen (secondary N) is 1. The van der Waals surface area contributed by atoms with E-state index in [0.717, 1.165) is 24.4 Å². The van der Waals surface area contributed by atoms with Crippen molar-refractivity contribution in [3.63, 3.8) is 0 Å². The van der Waals surface area contributed by atoms with E-state index >= 15 is 0 Å². The number of halogens is 1. The molecule has 1 aliphatic heterocycles. The van der Waals surface area contributed by atoms with Crippen molar-refractivity contribution >= 4 is 17.5 Å². The maximum Gasteiger partial charge on any atom is 0.226 e. The molecule has 2 nitrogen and oxygen atoms in total. The Kier molecular flexibility index (Phi) is 2.62. The van der Waals surface area contributed by atoms with Crippen LogP contribution in [0.2, 0.25) is 5.02 Å². The van der Waals surface area contributed by atoms with E-state index < -0.39 is 0 Å². The fraction of sp³-hybridized carbons (Fsp3) is 0.500. The lowest BCUT2D eigenvalue weighted by atomic mass is 9.73. The van der Waals surface area contributed by atoms with E-state index in [1.54, 1.807) is 0 Å². The number of carbonyl (C=O) groups excluding carboxylic acids is 1. The Balaban J connectivity index is 1.97. The van der Waals surface area contributed by atoms with Crippen LogP contribution in [0.25, 0.3) is 0 Å². The lowest BCUT2D eigenvalue weighted by molar-refractivity contribution is -0.127. The summed E-state index contributed by atoms with van der Waals surface area (Å²) >= 11 is 5.92. The summed E-state index contributed by atoms with van der Waals surface area (Å²) in [5.41, 5.74) is 1.11. The van der Waals surface area contributed by atoms with Gasteiger partial charge in [0.1, 0.15) is 0 Å². The molecule has 1 amide bonds. The van der Waals surface area contributed by atoms with Gasteiger partial charge in [0.25, 0.3) is 0 Å². The van der Waals surface area contributed by atoms with E-state index in [9.17, 15) is 4.79 Å². The molecule has 1 aromatic carbocycles. The largest absolute Gasteiger partial charge is 0.355 e. The van der Waals surface area contributed by atoms with Gasteiger partial charge in [-0.1, -0.05) is 36.6 Å². The number of benzene rings is 1. The molecule has 1 N–H and O–H groups in total. The van der Waals surface area contributed by atoms with E-state index in [1.807, 2.05) is 12.1 Å². The molecule has 1 heterocycles. The molecule has 17 heavy (non-hydrogen) atoms. The van der Waals surface area contributed by atoms with E-state index in [1.165, 1.54) is 18.4 Å². The molecule has 1 saturated heterocycles. The number of carbonyl (C=O) groups is 1. The van der Waals surface area contributed by atoms with Gasteiger partial charge in [-0.3, -0.25) is 4.79 Å². The van der Waals surface area contributed by atoms with Gasteiger partial charge in [-0.05, 0) is 30.5 Å². The lowest BCUT2D eigenvalue weighted by Crippen LogP contribution is -2.31. The van der Waals surface area contributed by atoms with Gasteiger partial charge in [0, 0.05) is 17.5 Å². The van der Waals surface area contributed by atoms with E-state index in [4.69, 9.17) is 11.6 Å². The molecule has 1 spiro atoms. The van der Waals surface area contributed by atoms with Crippen LogP contribution in [0.1, 0.15) is 37.2 Å². The van der Waals surface area contributed by atoms with Crippen molar-refractivity contribution in [2.24, 2.45) is 5.41 Å². The first-order chi connectivity index (χ1) is 8.22. The highest BCUT2D eigenvalue weighted by atomic mass is 35.5. The van der Waals surface area contributed by atoms with Crippen LogP contribution in [0.3, 0.4) is 0 Å². The number of rotatable bonds is 1. The highest BCUT2D eigenvalue weighted by Gasteiger charge is 2.51. The Labute approximate surface area is 106 Å².